The van der Waals surface area contributed by atoms with E-state index in [2.05, 4.69) is 0 Å². The van der Waals surface area contributed by atoms with E-state index >= 15 is 0 Å². The zero-order valence-corrected chi connectivity index (χ0v) is 22.3. The predicted molar refractivity (Wildman–Crippen MR) is 144 cm³/mol. The molecule has 2 N–H and O–H groups in total. The van der Waals surface area contributed by atoms with Gasteiger partial charge in [-0.2, -0.15) is 0 Å². The zero-order valence-electron chi connectivity index (χ0n) is 21.5. The van der Waals surface area contributed by atoms with Gasteiger partial charge in [0.2, 0.25) is 0 Å². The van der Waals surface area contributed by atoms with Crippen molar-refractivity contribution in [1.82, 2.24) is 4.57 Å². The molecule has 9 nitrogen and oxygen atoms in total. The molecule has 0 saturated carbocycles. The number of carbonyl (C=O) groups excluding carboxylic acids is 2. The summed E-state index contributed by atoms with van der Waals surface area (Å²) in [6.45, 7) is 3.52. The van der Waals surface area contributed by atoms with Crippen LogP contribution in [0.5, 0.6) is 11.5 Å². The Labute approximate surface area is 223 Å². The highest BCUT2D eigenvalue weighted by Gasteiger charge is 2.40. The van der Waals surface area contributed by atoms with E-state index in [1.807, 2.05) is 6.07 Å². The maximum Gasteiger partial charge on any atom is 0.338 e. The zero-order chi connectivity index (χ0) is 27.4. The minimum absolute atomic E-state index is 0.0245. The largest absolute Gasteiger partial charge is 0.497 e. The van der Waals surface area contributed by atoms with Crippen molar-refractivity contribution in [2.24, 2.45) is 5.73 Å². The Kier molecular flexibility index (Phi) is 8.02. The predicted octanol–water partition coefficient (Wildman–Crippen LogP) is 1.96. The fraction of sp³-hybridized carbons (Fsp3) is 0.250. The van der Waals surface area contributed by atoms with Crippen molar-refractivity contribution in [1.29, 1.82) is 0 Å². The molecule has 4 rings (SSSR count). The van der Waals surface area contributed by atoms with E-state index in [-0.39, 0.29) is 34.8 Å². The van der Waals surface area contributed by atoms with Crippen LogP contribution >= 0.6 is 11.3 Å². The summed E-state index contributed by atoms with van der Waals surface area (Å²) >= 11 is 1.09. The van der Waals surface area contributed by atoms with Crippen LogP contribution in [0.25, 0.3) is 17.5 Å². The molecule has 2 heterocycles. The van der Waals surface area contributed by atoms with Crippen LogP contribution in [0.2, 0.25) is 0 Å². The van der Waals surface area contributed by atoms with Crippen molar-refractivity contribution < 1.29 is 28.5 Å². The van der Waals surface area contributed by atoms with Gasteiger partial charge in [0.1, 0.15) is 22.0 Å². The number of hydrogen-bond acceptors (Lipinski definition) is 9. The third-order valence-corrected chi connectivity index (χ3v) is 7.07. The van der Waals surface area contributed by atoms with Crippen LogP contribution in [0.1, 0.15) is 30.9 Å². The van der Waals surface area contributed by atoms with Crippen molar-refractivity contribution in [3.8, 4) is 11.5 Å². The average molecular weight is 537 g/mol. The lowest BCUT2D eigenvalue weighted by Gasteiger charge is -2.27. The monoisotopic (exact) mass is 536 g/mol. The van der Waals surface area contributed by atoms with Crippen LogP contribution in [0.4, 0.5) is 0 Å². The quantitative estimate of drug-likeness (QED) is 0.434. The molecule has 38 heavy (non-hydrogen) atoms. The van der Waals surface area contributed by atoms with Gasteiger partial charge < -0.3 is 24.7 Å². The first-order chi connectivity index (χ1) is 18.3. The third-order valence-electron chi connectivity index (χ3n) is 5.96. The molecular formula is C28H28N2O7S. The van der Waals surface area contributed by atoms with E-state index in [1.54, 1.807) is 69.5 Å². The Morgan fingerprint density at radius 2 is 1.55 bits per heavy atom. The van der Waals surface area contributed by atoms with Gasteiger partial charge in [0, 0.05) is 0 Å². The minimum atomic E-state index is -0.953. The highest BCUT2D eigenvalue weighted by molar-refractivity contribution is 7.07. The molecule has 0 spiro atoms. The first-order valence-corrected chi connectivity index (χ1v) is 12.8. The first kappa shape index (κ1) is 26.7. The summed E-state index contributed by atoms with van der Waals surface area (Å²) in [5, 5.41) is 0. The molecule has 10 heteroatoms. The Morgan fingerprint density at radius 3 is 2.18 bits per heavy atom. The summed E-state index contributed by atoms with van der Waals surface area (Å²) in [7, 11) is 3.07. The van der Waals surface area contributed by atoms with Gasteiger partial charge in [-0.15, -0.1) is 11.3 Å². The second-order valence-electron chi connectivity index (χ2n) is 8.20. The Hall–Kier alpha value is -4.31. The van der Waals surface area contributed by atoms with E-state index in [1.165, 1.54) is 11.7 Å². The highest BCUT2D eigenvalue weighted by atomic mass is 32.1. The lowest BCUT2D eigenvalue weighted by atomic mass is 9.83. The standard InChI is InChI=1S/C28H28N2O7S/c1-5-36-27(32)22-21(17-10-8-12-19(15-17)35-4)23(28(33)37-6-2)26-30(24(22)29)25(31)20(38-26)14-16-9-7-11-18(13-16)34-3/h7-15,21H,5-6,29H2,1-4H3/b20-14-. The molecular weight excluding hydrogens is 508 g/mol. The lowest BCUT2D eigenvalue weighted by molar-refractivity contribution is -0.138. The maximum absolute atomic E-state index is 13.6. The molecule has 0 amide bonds. The van der Waals surface area contributed by atoms with E-state index in [0.717, 1.165) is 16.9 Å². The molecule has 3 aromatic rings. The summed E-state index contributed by atoms with van der Waals surface area (Å²) in [5.74, 6) is -1.31. The number of fused-ring (bicyclic) bond motifs is 1. The Bertz CT molecular complexity index is 1600. The number of aromatic nitrogens is 1. The number of nitrogens with two attached hydrogens (primary N) is 1. The molecule has 1 aliphatic rings. The number of nitrogens with zero attached hydrogens (tertiary/aromatic N) is 1. The van der Waals surface area contributed by atoms with Crippen LogP contribution in [-0.2, 0) is 19.1 Å². The minimum Gasteiger partial charge on any atom is -0.497 e. The molecule has 0 aliphatic carbocycles. The molecule has 1 aromatic heterocycles. The van der Waals surface area contributed by atoms with Crippen LogP contribution in [0.15, 0.2) is 58.9 Å². The van der Waals surface area contributed by atoms with E-state index < -0.39 is 23.4 Å². The molecule has 1 atom stereocenters. The van der Waals surface area contributed by atoms with Gasteiger partial charge >= 0.3 is 11.9 Å². The van der Waals surface area contributed by atoms with Crippen LogP contribution in [-0.4, -0.2) is 43.9 Å². The Morgan fingerprint density at radius 1 is 0.947 bits per heavy atom. The third kappa shape index (κ3) is 4.95. The molecule has 2 aromatic carbocycles. The van der Waals surface area contributed by atoms with Crippen molar-refractivity contribution in [3.05, 3.63) is 84.8 Å². The molecule has 0 saturated heterocycles. The van der Waals surface area contributed by atoms with E-state index in [9.17, 15) is 14.4 Å². The van der Waals surface area contributed by atoms with Crippen LogP contribution in [0.3, 0.4) is 0 Å². The van der Waals surface area contributed by atoms with Crippen LogP contribution in [0, 0.1) is 0 Å². The number of rotatable bonds is 8. The number of hydrogen-bond donors (Lipinski definition) is 1. The normalized spacial score (nSPS) is 15.2. The van der Waals surface area contributed by atoms with Gasteiger partial charge in [0.15, 0.2) is 0 Å². The summed E-state index contributed by atoms with van der Waals surface area (Å²) in [5.41, 5.74) is 7.42. The topological polar surface area (TPSA) is 119 Å². The van der Waals surface area contributed by atoms with Gasteiger partial charge in [-0.1, -0.05) is 24.3 Å². The van der Waals surface area contributed by atoms with Gasteiger partial charge in [-0.3, -0.25) is 9.36 Å². The first-order valence-electron chi connectivity index (χ1n) is 11.9. The maximum atomic E-state index is 13.6. The summed E-state index contributed by atoms with van der Waals surface area (Å²) in [6, 6.07) is 14.2. The summed E-state index contributed by atoms with van der Waals surface area (Å²) < 4.78 is 23.2. The van der Waals surface area contributed by atoms with Crippen molar-refractivity contribution >= 4 is 40.7 Å². The highest BCUT2D eigenvalue weighted by Crippen LogP contribution is 2.38. The molecule has 0 bridgehead atoms. The molecule has 1 unspecified atom stereocenters. The van der Waals surface area contributed by atoms with Gasteiger partial charge in [-0.05, 0) is 55.3 Å². The van der Waals surface area contributed by atoms with E-state index in [0.29, 0.717) is 21.6 Å². The van der Waals surface area contributed by atoms with Crippen molar-refractivity contribution in [2.45, 2.75) is 19.8 Å². The van der Waals surface area contributed by atoms with Crippen LogP contribution < -0.4 is 30.0 Å². The molecule has 1 aliphatic heterocycles. The molecule has 198 valence electrons. The number of ether oxygens (including phenoxy) is 4. The van der Waals surface area contributed by atoms with Gasteiger partial charge in [0.05, 0.1) is 49.0 Å². The lowest BCUT2D eigenvalue weighted by Crippen LogP contribution is -2.42. The fourth-order valence-corrected chi connectivity index (χ4v) is 5.47. The van der Waals surface area contributed by atoms with Gasteiger partial charge in [-0.25, -0.2) is 9.59 Å². The number of methoxy groups -OCH3 is 2. The van der Waals surface area contributed by atoms with Gasteiger partial charge in [0.25, 0.3) is 5.56 Å². The second-order valence-corrected chi connectivity index (χ2v) is 9.23. The molecule has 0 radical (unpaired) electrons. The number of thiazole rings is 1. The Balaban J connectivity index is 2.11. The average Bonchev–Trinajstić information content (AvgIpc) is 3.24. The number of benzene rings is 2. The van der Waals surface area contributed by atoms with Crippen molar-refractivity contribution in [2.75, 3.05) is 27.4 Å². The smallest absolute Gasteiger partial charge is 0.338 e. The molecule has 0 fully saturated rings. The van der Waals surface area contributed by atoms with Crippen molar-refractivity contribution in [3.63, 3.8) is 0 Å². The number of esters is 2. The fourth-order valence-electron chi connectivity index (χ4n) is 4.30. The summed E-state index contributed by atoms with van der Waals surface area (Å²) in [6.07, 6.45) is 1.68. The number of carbonyl (C=O) groups is 2. The second kappa shape index (κ2) is 11.4. The summed E-state index contributed by atoms with van der Waals surface area (Å²) in [4.78, 5) is 40.4. The SMILES string of the molecule is CCOC(=O)C1=C(N)n2c(s/c(=C\c3cccc(OC)c3)c2=O)=C(C(=O)OCC)C1c1cccc(OC)c1. The van der Waals surface area contributed by atoms with E-state index in [4.69, 9.17) is 24.7 Å².